The maximum absolute atomic E-state index is 13.2. The summed E-state index contributed by atoms with van der Waals surface area (Å²) in [4.78, 5) is 13.4. The van der Waals surface area contributed by atoms with E-state index in [1.54, 1.807) is 6.07 Å². The number of ether oxygens (including phenoxy) is 1. The fourth-order valence-electron chi connectivity index (χ4n) is 4.38. The van der Waals surface area contributed by atoms with Crippen LogP contribution in [0.4, 0.5) is 5.69 Å². The monoisotopic (exact) mass is 393 g/mol. The molecule has 8 heteroatoms. The highest BCUT2D eigenvalue weighted by Crippen LogP contribution is 2.45. The molecule has 1 amide bonds. The van der Waals surface area contributed by atoms with E-state index in [2.05, 4.69) is 15.4 Å². The highest BCUT2D eigenvalue weighted by Gasteiger charge is 2.50. The molecule has 1 heterocycles. The Morgan fingerprint density at radius 2 is 2.07 bits per heavy atom. The second-order valence-electron chi connectivity index (χ2n) is 7.94. The number of carbonyl (C=O) groups is 1. The van der Waals surface area contributed by atoms with Crippen LogP contribution in [0.2, 0.25) is 0 Å². The maximum atomic E-state index is 13.2. The first-order valence-electron chi connectivity index (χ1n) is 9.67. The van der Waals surface area contributed by atoms with Gasteiger partial charge in [-0.25, -0.2) is 13.1 Å². The van der Waals surface area contributed by atoms with Gasteiger partial charge in [-0.3, -0.25) is 4.79 Å². The van der Waals surface area contributed by atoms with Gasteiger partial charge in [0.2, 0.25) is 15.9 Å². The molecule has 27 heavy (non-hydrogen) atoms. The minimum Gasteiger partial charge on any atom is -0.495 e. The van der Waals surface area contributed by atoms with Gasteiger partial charge in [0.1, 0.15) is 5.75 Å². The zero-order valence-electron chi connectivity index (χ0n) is 15.6. The molecule has 3 aliphatic rings. The van der Waals surface area contributed by atoms with Crippen molar-refractivity contribution in [3.63, 3.8) is 0 Å². The van der Waals surface area contributed by atoms with Gasteiger partial charge in [0.25, 0.3) is 0 Å². The number of hydrogen-bond donors (Lipinski definition) is 3. The number of carbonyl (C=O) groups excluding carboxylic acids is 1. The molecule has 0 spiro atoms. The molecule has 0 bridgehead atoms. The van der Waals surface area contributed by atoms with Crippen LogP contribution in [-0.2, 0) is 14.8 Å². The summed E-state index contributed by atoms with van der Waals surface area (Å²) in [5.74, 6) is 0.754. The standard InChI is InChI=1S/C19H27N3O4S/c1-26-17-8-7-15(27(24,25)22-14-5-6-14)10-16(17)21-18(23)19-9-3-2-4-13(19)11-20-12-19/h7-8,10,13-14,20,22H,2-6,9,11-12H2,1H3,(H,21,23)/t13-,19+/m0/s1. The van der Waals surface area contributed by atoms with Crippen molar-refractivity contribution in [2.24, 2.45) is 11.3 Å². The Balaban J connectivity index is 1.60. The van der Waals surface area contributed by atoms with Crippen molar-refractivity contribution in [3.8, 4) is 5.75 Å². The van der Waals surface area contributed by atoms with E-state index >= 15 is 0 Å². The van der Waals surface area contributed by atoms with Gasteiger partial charge in [0, 0.05) is 12.6 Å². The lowest BCUT2D eigenvalue weighted by Gasteiger charge is -2.37. The van der Waals surface area contributed by atoms with Crippen LogP contribution in [0.5, 0.6) is 5.75 Å². The molecule has 2 saturated carbocycles. The fourth-order valence-corrected chi connectivity index (χ4v) is 5.71. The van der Waals surface area contributed by atoms with E-state index in [1.807, 2.05) is 0 Å². The molecule has 7 nitrogen and oxygen atoms in total. The molecular formula is C19H27N3O4S. The Bertz CT molecular complexity index is 837. The van der Waals surface area contributed by atoms with E-state index in [-0.39, 0.29) is 16.8 Å². The number of fused-ring (bicyclic) bond motifs is 1. The lowest BCUT2D eigenvalue weighted by Crippen LogP contribution is -2.44. The maximum Gasteiger partial charge on any atom is 0.240 e. The smallest absolute Gasteiger partial charge is 0.240 e. The molecule has 1 aliphatic heterocycles. The average molecular weight is 394 g/mol. The molecule has 2 atom stereocenters. The van der Waals surface area contributed by atoms with Gasteiger partial charge in [-0.1, -0.05) is 12.8 Å². The van der Waals surface area contributed by atoms with Crippen LogP contribution >= 0.6 is 0 Å². The first kappa shape index (κ1) is 18.7. The van der Waals surface area contributed by atoms with Crippen LogP contribution in [0.15, 0.2) is 23.1 Å². The number of methoxy groups -OCH3 is 1. The SMILES string of the molecule is COc1ccc(S(=O)(=O)NC2CC2)cc1NC(=O)[C@@]12CCCC[C@H]1CNC2. The zero-order valence-corrected chi connectivity index (χ0v) is 16.4. The molecule has 1 aromatic rings. The summed E-state index contributed by atoms with van der Waals surface area (Å²) in [6, 6.07) is 4.64. The predicted molar refractivity (Wildman–Crippen MR) is 102 cm³/mol. The average Bonchev–Trinajstić information content (AvgIpc) is 3.34. The molecule has 148 valence electrons. The van der Waals surface area contributed by atoms with Crippen LogP contribution in [0.1, 0.15) is 38.5 Å². The summed E-state index contributed by atoms with van der Waals surface area (Å²) < 4.78 is 33.1. The molecule has 2 aliphatic carbocycles. The normalized spacial score (nSPS) is 27.8. The molecule has 4 rings (SSSR count). The first-order chi connectivity index (χ1) is 12.9. The van der Waals surface area contributed by atoms with Crippen LogP contribution in [-0.4, -0.2) is 40.6 Å². The molecule has 1 saturated heterocycles. The first-order valence-corrected chi connectivity index (χ1v) is 11.2. The third-order valence-corrected chi connectivity index (χ3v) is 7.64. The molecule has 0 radical (unpaired) electrons. The summed E-state index contributed by atoms with van der Waals surface area (Å²) in [6.45, 7) is 1.54. The highest BCUT2D eigenvalue weighted by molar-refractivity contribution is 7.89. The number of sulfonamides is 1. The van der Waals surface area contributed by atoms with Gasteiger partial charge in [0.05, 0.1) is 23.1 Å². The molecule has 3 fully saturated rings. The van der Waals surface area contributed by atoms with Gasteiger partial charge in [0.15, 0.2) is 0 Å². The van der Waals surface area contributed by atoms with Crippen molar-refractivity contribution < 1.29 is 17.9 Å². The number of anilines is 1. The number of hydrogen-bond acceptors (Lipinski definition) is 5. The second kappa shape index (κ2) is 7.07. The van der Waals surface area contributed by atoms with E-state index < -0.39 is 15.4 Å². The Hall–Kier alpha value is -1.64. The minimum atomic E-state index is -3.59. The molecule has 3 N–H and O–H groups in total. The Kier molecular flexibility index (Phi) is 4.90. The number of rotatable bonds is 6. The summed E-state index contributed by atoms with van der Waals surface area (Å²) in [6.07, 6.45) is 5.86. The van der Waals surface area contributed by atoms with E-state index in [1.165, 1.54) is 19.2 Å². The predicted octanol–water partition coefficient (Wildman–Crippen LogP) is 1.85. The Morgan fingerprint density at radius 3 is 2.81 bits per heavy atom. The van der Waals surface area contributed by atoms with Gasteiger partial charge >= 0.3 is 0 Å². The van der Waals surface area contributed by atoms with E-state index in [0.29, 0.717) is 23.9 Å². The van der Waals surface area contributed by atoms with Crippen molar-refractivity contribution >= 4 is 21.6 Å². The molecular weight excluding hydrogens is 366 g/mol. The van der Waals surface area contributed by atoms with Crippen LogP contribution in [0, 0.1) is 11.3 Å². The largest absolute Gasteiger partial charge is 0.495 e. The van der Waals surface area contributed by atoms with Crippen LogP contribution in [0.3, 0.4) is 0 Å². The zero-order chi connectivity index (χ0) is 19.1. The minimum absolute atomic E-state index is 0.0293. The summed E-state index contributed by atoms with van der Waals surface area (Å²) >= 11 is 0. The van der Waals surface area contributed by atoms with Crippen molar-refractivity contribution in [2.75, 3.05) is 25.5 Å². The van der Waals surface area contributed by atoms with E-state index in [4.69, 9.17) is 4.74 Å². The van der Waals surface area contributed by atoms with Gasteiger partial charge in [-0.05, 0) is 56.3 Å². The number of amides is 1. The number of nitrogens with one attached hydrogen (secondary N) is 3. The Morgan fingerprint density at radius 1 is 1.26 bits per heavy atom. The van der Waals surface area contributed by atoms with Gasteiger partial charge < -0.3 is 15.4 Å². The number of benzene rings is 1. The fraction of sp³-hybridized carbons (Fsp3) is 0.632. The molecule has 0 unspecified atom stereocenters. The molecule has 1 aromatic carbocycles. The molecule has 0 aromatic heterocycles. The van der Waals surface area contributed by atoms with E-state index in [9.17, 15) is 13.2 Å². The topological polar surface area (TPSA) is 96.5 Å². The lowest BCUT2D eigenvalue weighted by atomic mass is 9.67. The second-order valence-corrected chi connectivity index (χ2v) is 9.66. The lowest BCUT2D eigenvalue weighted by molar-refractivity contribution is -0.128. The van der Waals surface area contributed by atoms with Crippen molar-refractivity contribution in [1.29, 1.82) is 0 Å². The summed E-state index contributed by atoms with van der Waals surface area (Å²) in [5.41, 5.74) is -0.00325. The van der Waals surface area contributed by atoms with Crippen LogP contribution in [0.25, 0.3) is 0 Å². The van der Waals surface area contributed by atoms with Gasteiger partial charge in [-0.15, -0.1) is 0 Å². The van der Waals surface area contributed by atoms with Crippen molar-refractivity contribution in [2.45, 2.75) is 49.5 Å². The van der Waals surface area contributed by atoms with Crippen molar-refractivity contribution in [1.82, 2.24) is 10.0 Å². The summed E-state index contributed by atoms with van der Waals surface area (Å²) in [7, 11) is -2.08. The third kappa shape index (κ3) is 3.58. The van der Waals surface area contributed by atoms with Crippen molar-refractivity contribution in [3.05, 3.63) is 18.2 Å². The third-order valence-electron chi connectivity index (χ3n) is 6.12. The summed E-state index contributed by atoms with van der Waals surface area (Å²) in [5, 5.41) is 6.35. The quantitative estimate of drug-likeness (QED) is 0.685. The van der Waals surface area contributed by atoms with E-state index in [0.717, 1.165) is 45.1 Å². The van der Waals surface area contributed by atoms with Gasteiger partial charge in [-0.2, -0.15) is 0 Å². The highest BCUT2D eigenvalue weighted by atomic mass is 32.2. The van der Waals surface area contributed by atoms with Crippen LogP contribution < -0.4 is 20.1 Å². The Labute approximate surface area is 160 Å².